The summed E-state index contributed by atoms with van der Waals surface area (Å²) < 4.78 is 0. The molecule has 1 nitrogen and oxygen atoms in total. The topological polar surface area (TPSA) is 20.2 Å². The van der Waals surface area contributed by atoms with E-state index in [2.05, 4.69) is 26.8 Å². The lowest BCUT2D eigenvalue weighted by molar-refractivity contribution is 0.0669. The fraction of sp³-hybridized carbons (Fsp3) is 0.818. The van der Waals surface area contributed by atoms with Gasteiger partial charge in [-0.2, -0.15) is 0 Å². The lowest BCUT2D eigenvalue weighted by Gasteiger charge is -2.38. The highest BCUT2D eigenvalue weighted by atomic mass is 16.3. The molecule has 1 fully saturated rings. The van der Waals surface area contributed by atoms with Crippen LogP contribution in [0.4, 0.5) is 0 Å². The molecule has 2 rings (SSSR count). The molecule has 0 aromatic heterocycles. The zero-order valence-corrected chi connectivity index (χ0v) is 8.22. The van der Waals surface area contributed by atoms with E-state index in [1.54, 1.807) is 0 Å². The molecule has 0 aliphatic heterocycles. The van der Waals surface area contributed by atoms with Gasteiger partial charge in [-0.05, 0) is 31.1 Å². The van der Waals surface area contributed by atoms with Crippen LogP contribution >= 0.6 is 0 Å². The summed E-state index contributed by atoms with van der Waals surface area (Å²) in [6, 6.07) is 0. The standard InChI is InChI=1S/C11H18O/c1-8-6-9-4-5-11(8,7-12)10(9,2)3/h6,9,12H,4-5,7H2,1-3H3. The van der Waals surface area contributed by atoms with Gasteiger partial charge in [0, 0.05) is 5.41 Å². The van der Waals surface area contributed by atoms with E-state index >= 15 is 0 Å². The Balaban J connectivity index is 2.47. The van der Waals surface area contributed by atoms with E-state index in [1.165, 1.54) is 18.4 Å². The molecule has 1 heteroatoms. The van der Waals surface area contributed by atoms with Crippen molar-refractivity contribution in [3.05, 3.63) is 11.6 Å². The van der Waals surface area contributed by atoms with Gasteiger partial charge in [-0.1, -0.05) is 25.5 Å². The SMILES string of the molecule is CC1=CC2CCC1(CO)C2(C)C. The van der Waals surface area contributed by atoms with E-state index in [-0.39, 0.29) is 5.41 Å². The van der Waals surface area contributed by atoms with Crippen molar-refractivity contribution in [1.29, 1.82) is 0 Å². The molecule has 2 atom stereocenters. The molecule has 0 aromatic rings. The summed E-state index contributed by atoms with van der Waals surface area (Å²) in [5.41, 5.74) is 1.84. The van der Waals surface area contributed by atoms with Crippen molar-refractivity contribution in [2.45, 2.75) is 33.6 Å². The fourth-order valence-corrected chi connectivity index (χ4v) is 3.31. The average molecular weight is 166 g/mol. The molecule has 2 aliphatic carbocycles. The highest BCUT2D eigenvalue weighted by Gasteiger charge is 2.58. The number of hydrogen-bond donors (Lipinski definition) is 1. The Morgan fingerprint density at radius 1 is 1.58 bits per heavy atom. The molecular formula is C11H18O. The van der Waals surface area contributed by atoms with E-state index in [9.17, 15) is 5.11 Å². The van der Waals surface area contributed by atoms with E-state index < -0.39 is 0 Å². The Morgan fingerprint density at radius 2 is 2.25 bits per heavy atom. The van der Waals surface area contributed by atoms with Crippen LogP contribution in [-0.4, -0.2) is 11.7 Å². The third-order valence-corrected chi connectivity index (χ3v) is 4.52. The molecule has 1 saturated carbocycles. The third-order valence-electron chi connectivity index (χ3n) is 4.52. The largest absolute Gasteiger partial charge is 0.395 e. The predicted octanol–water partition coefficient (Wildman–Crippen LogP) is 2.36. The van der Waals surface area contributed by atoms with E-state index in [1.807, 2.05) is 0 Å². The molecule has 0 amide bonds. The lowest BCUT2D eigenvalue weighted by atomic mass is 9.67. The van der Waals surface area contributed by atoms with Crippen molar-refractivity contribution >= 4 is 0 Å². The monoisotopic (exact) mass is 166 g/mol. The first-order valence-corrected chi connectivity index (χ1v) is 4.84. The quantitative estimate of drug-likeness (QED) is 0.593. The molecule has 2 bridgehead atoms. The van der Waals surface area contributed by atoms with Crippen LogP contribution in [0, 0.1) is 16.7 Å². The smallest absolute Gasteiger partial charge is 0.0529 e. The van der Waals surface area contributed by atoms with Crippen molar-refractivity contribution in [2.75, 3.05) is 6.61 Å². The Morgan fingerprint density at radius 3 is 2.50 bits per heavy atom. The van der Waals surface area contributed by atoms with Crippen LogP contribution in [0.3, 0.4) is 0 Å². The van der Waals surface area contributed by atoms with Gasteiger partial charge in [0.15, 0.2) is 0 Å². The second-order valence-electron chi connectivity index (χ2n) is 4.96. The summed E-state index contributed by atoms with van der Waals surface area (Å²) >= 11 is 0. The van der Waals surface area contributed by atoms with E-state index in [0.29, 0.717) is 17.9 Å². The van der Waals surface area contributed by atoms with Crippen molar-refractivity contribution in [1.82, 2.24) is 0 Å². The average Bonchev–Trinajstić information content (AvgIpc) is 2.36. The van der Waals surface area contributed by atoms with Gasteiger partial charge in [-0.3, -0.25) is 0 Å². The maximum atomic E-state index is 9.51. The number of fused-ring (bicyclic) bond motifs is 2. The molecule has 0 heterocycles. The molecule has 2 aliphatic rings. The van der Waals surface area contributed by atoms with E-state index in [0.717, 1.165) is 0 Å². The van der Waals surface area contributed by atoms with E-state index in [4.69, 9.17) is 0 Å². The minimum atomic E-state index is 0.123. The minimum Gasteiger partial charge on any atom is -0.395 e. The van der Waals surface area contributed by atoms with Crippen LogP contribution in [0.15, 0.2) is 11.6 Å². The first kappa shape index (κ1) is 8.31. The van der Waals surface area contributed by atoms with Crippen molar-refractivity contribution < 1.29 is 5.11 Å². The van der Waals surface area contributed by atoms with Gasteiger partial charge in [-0.15, -0.1) is 0 Å². The molecule has 2 unspecified atom stereocenters. The second kappa shape index (κ2) is 2.14. The fourth-order valence-electron chi connectivity index (χ4n) is 3.31. The Bertz CT molecular complexity index is 239. The zero-order chi connectivity index (χ0) is 8.98. The summed E-state index contributed by atoms with van der Waals surface area (Å²) in [6.45, 7) is 7.11. The number of hydrogen-bond acceptors (Lipinski definition) is 1. The highest BCUT2D eigenvalue weighted by molar-refractivity contribution is 5.31. The summed E-state index contributed by atoms with van der Waals surface area (Å²) in [7, 11) is 0. The van der Waals surface area contributed by atoms with Gasteiger partial charge in [-0.25, -0.2) is 0 Å². The molecule has 1 N–H and O–H groups in total. The molecule has 0 aromatic carbocycles. The first-order valence-electron chi connectivity index (χ1n) is 4.84. The molecule has 12 heavy (non-hydrogen) atoms. The Labute approximate surface area is 74.5 Å². The van der Waals surface area contributed by atoms with Gasteiger partial charge < -0.3 is 5.11 Å². The van der Waals surface area contributed by atoms with Crippen LogP contribution in [-0.2, 0) is 0 Å². The summed E-state index contributed by atoms with van der Waals surface area (Å²) in [6.07, 6.45) is 4.83. The van der Waals surface area contributed by atoms with Crippen LogP contribution in [0.25, 0.3) is 0 Å². The van der Waals surface area contributed by atoms with Gasteiger partial charge in [0.05, 0.1) is 6.61 Å². The predicted molar refractivity (Wildman–Crippen MR) is 49.8 cm³/mol. The number of rotatable bonds is 1. The maximum absolute atomic E-state index is 9.51. The summed E-state index contributed by atoms with van der Waals surface area (Å²) in [5.74, 6) is 0.713. The van der Waals surface area contributed by atoms with Crippen LogP contribution in [0.2, 0.25) is 0 Å². The van der Waals surface area contributed by atoms with Gasteiger partial charge in [0.25, 0.3) is 0 Å². The molecular weight excluding hydrogens is 148 g/mol. The third kappa shape index (κ3) is 0.646. The second-order valence-corrected chi connectivity index (χ2v) is 4.96. The van der Waals surface area contributed by atoms with Gasteiger partial charge in [0.1, 0.15) is 0 Å². The van der Waals surface area contributed by atoms with Gasteiger partial charge in [0.2, 0.25) is 0 Å². The Kier molecular flexibility index (Phi) is 1.48. The molecule has 68 valence electrons. The highest BCUT2D eigenvalue weighted by Crippen LogP contribution is 2.64. The number of aliphatic hydroxyl groups is 1. The van der Waals surface area contributed by atoms with Gasteiger partial charge >= 0.3 is 0 Å². The van der Waals surface area contributed by atoms with Crippen molar-refractivity contribution in [2.24, 2.45) is 16.7 Å². The minimum absolute atomic E-state index is 0.123. The van der Waals surface area contributed by atoms with Crippen LogP contribution < -0.4 is 0 Å². The lowest BCUT2D eigenvalue weighted by Crippen LogP contribution is -2.36. The number of allylic oxidation sites excluding steroid dienone is 1. The summed E-state index contributed by atoms with van der Waals surface area (Å²) in [4.78, 5) is 0. The summed E-state index contributed by atoms with van der Waals surface area (Å²) in [5, 5.41) is 9.51. The van der Waals surface area contributed by atoms with Crippen LogP contribution in [0.1, 0.15) is 33.6 Å². The Hall–Kier alpha value is -0.300. The molecule has 0 saturated heterocycles. The van der Waals surface area contributed by atoms with Crippen molar-refractivity contribution in [3.63, 3.8) is 0 Å². The maximum Gasteiger partial charge on any atom is 0.0529 e. The first-order chi connectivity index (χ1) is 5.54. The molecule has 0 radical (unpaired) electrons. The zero-order valence-electron chi connectivity index (χ0n) is 8.22. The normalized spacial score (nSPS) is 43.3. The number of aliphatic hydroxyl groups excluding tert-OH is 1. The molecule has 0 spiro atoms. The van der Waals surface area contributed by atoms with Crippen LogP contribution in [0.5, 0.6) is 0 Å². The van der Waals surface area contributed by atoms with Crippen molar-refractivity contribution in [3.8, 4) is 0 Å².